The van der Waals surface area contributed by atoms with Crippen LogP contribution in [-0.4, -0.2) is 64.3 Å². The number of hydrogen-bond acceptors (Lipinski definition) is 7. The van der Waals surface area contributed by atoms with Gasteiger partial charge in [0.05, 0.1) is 17.5 Å². The molecule has 3 N–H and O–H groups in total. The Kier molecular flexibility index (Phi) is 7.65. The van der Waals surface area contributed by atoms with Crippen LogP contribution < -0.4 is 15.4 Å². The lowest BCUT2D eigenvalue weighted by atomic mass is 9.91. The average molecular weight is 513 g/mol. The SMILES string of the molecule is CN(C)CC(=O)NC1CCC(Nc2ncnc3[nH]cc(C(=O)c4ccc(Oc5ccccc5)cc4)c23)CC1. The maximum absolute atomic E-state index is 13.5. The van der Waals surface area contributed by atoms with E-state index in [1.54, 1.807) is 30.5 Å². The second-order valence-corrected chi connectivity index (χ2v) is 9.92. The molecule has 0 aliphatic heterocycles. The van der Waals surface area contributed by atoms with Gasteiger partial charge in [-0.25, -0.2) is 9.97 Å². The summed E-state index contributed by atoms with van der Waals surface area (Å²) in [6.45, 7) is 0.393. The van der Waals surface area contributed by atoms with Crippen molar-refractivity contribution in [3.8, 4) is 11.5 Å². The Bertz CT molecular complexity index is 1390. The van der Waals surface area contributed by atoms with Crippen LogP contribution in [-0.2, 0) is 4.79 Å². The van der Waals surface area contributed by atoms with E-state index in [1.165, 1.54) is 6.33 Å². The van der Waals surface area contributed by atoms with Crippen molar-refractivity contribution in [3.63, 3.8) is 0 Å². The van der Waals surface area contributed by atoms with Gasteiger partial charge in [-0.2, -0.15) is 0 Å². The second kappa shape index (κ2) is 11.4. The molecule has 1 aliphatic carbocycles. The number of benzene rings is 2. The standard InChI is InChI=1S/C29H32N6O3/c1-35(2)17-25(36)33-20-10-12-21(13-11-20)34-29-26-24(16-30-28(26)31-18-32-29)27(37)19-8-14-23(15-9-19)38-22-6-4-3-5-7-22/h3-9,14-16,18,20-21H,10-13,17H2,1-2H3,(H,33,36)(H2,30,31,32,34). The van der Waals surface area contributed by atoms with Crippen LogP contribution in [0.4, 0.5) is 5.82 Å². The number of nitrogens with zero attached hydrogens (tertiary/aromatic N) is 3. The van der Waals surface area contributed by atoms with E-state index in [4.69, 9.17) is 4.74 Å². The molecule has 9 nitrogen and oxygen atoms in total. The molecule has 2 aromatic carbocycles. The largest absolute Gasteiger partial charge is 0.457 e. The second-order valence-electron chi connectivity index (χ2n) is 9.92. The quantitative estimate of drug-likeness (QED) is 0.285. The van der Waals surface area contributed by atoms with Crippen LogP contribution >= 0.6 is 0 Å². The fourth-order valence-corrected chi connectivity index (χ4v) is 4.84. The molecule has 1 fully saturated rings. The van der Waals surface area contributed by atoms with Gasteiger partial charge in [-0.05, 0) is 76.2 Å². The topological polar surface area (TPSA) is 112 Å². The number of ketones is 1. The molecule has 0 bridgehead atoms. The van der Waals surface area contributed by atoms with Crippen LogP contribution in [0.15, 0.2) is 67.1 Å². The maximum Gasteiger partial charge on any atom is 0.234 e. The van der Waals surface area contributed by atoms with Gasteiger partial charge in [0, 0.05) is 23.8 Å². The summed E-state index contributed by atoms with van der Waals surface area (Å²) < 4.78 is 5.85. The molecule has 1 aliphatic rings. The molecule has 0 unspecified atom stereocenters. The highest BCUT2D eigenvalue weighted by atomic mass is 16.5. The van der Waals surface area contributed by atoms with E-state index in [9.17, 15) is 9.59 Å². The molecule has 38 heavy (non-hydrogen) atoms. The Morgan fingerprint density at radius 2 is 1.63 bits per heavy atom. The summed E-state index contributed by atoms with van der Waals surface area (Å²) in [5.41, 5.74) is 1.68. The molecular weight excluding hydrogens is 480 g/mol. The minimum Gasteiger partial charge on any atom is -0.457 e. The Labute approximate surface area is 221 Å². The Morgan fingerprint density at radius 1 is 0.947 bits per heavy atom. The van der Waals surface area contributed by atoms with Gasteiger partial charge >= 0.3 is 0 Å². The summed E-state index contributed by atoms with van der Waals surface area (Å²) in [7, 11) is 3.77. The van der Waals surface area contributed by atoms with Crippen molar-refractivity contribution in [1.29, 1.82) is 0 Å². The van der Waals surface area contributed by atoms with E-state index in [1.807, 2.05) is 49.3 Å². The molecule has 1 amide bonds. The molecule has 5 rings (SSSR count). The molecular formula is C29H32N6O3. The Balaban J connectivity index is 1.27. The number of H-pyrrole nitrogens is 1. The molecule has 0 atom stereocenters. The average Bonchev–Trinajstić information content (AvgIpc) is 3.35. The molecule has 0 radical (unpaired) electrons. The van der Waals surface area contributed by atoms with E-state index >= 15 is 0 Å². The number of ether oxygens (including phenoxy) is 1. The fourth-order valence-electron chi connectivity index (χ4n) is 4.84. The molecule has 0 spiro atoms. The number of nitrogens with one attached hydrogen (secondary N) is 3. The highest BCUT2D eigenvalue weighted by molar-refractivity contribution is 6.18. The van der Waals surface area contributed by atoms with Crippen LogP contribution in [0, 0.1) is 0 Å². The van der Waals surface area contributed by atoms with Crippen molar-refractivity contribution in [1.82, 2.24) is 25.2 Å². The zero-order valence-electron chi connectivity index (χ0n) is 21.6. The van der Waals surface area contributed by atoms with E-state index in [2.05, 4.69) is 25.6 Å². The molecule has 9 heteroatoms. The normalized spacial score (nSPS) is 17.3. The minimum absolute atomic E-state index is 0.0547. The number of likely N-dealkylation sites (N-methyl/N-ethyl adjacent to an activating group) is 1. The first-order chi connectivity index (χ1) is 18.5. The van der Waals surface area contributed by atoms with Crippen LogP contribution in [0.25, 0.3) is 11.0 Å². The van der Waals surface area contributed by atoms with Crippen molar-refractivity contribution >= 4 is 28.5 Å². The number of para-hydroxylation sites is 1. The summed E-state index contributed by atoms with van der Waals surface area (Å²) in [5.74, 6) is 1.97. The van der Waals surface area contributed by atoms with Gasteiger partial charge in [0.1, 0.15) is 29.3 Å². The van der Waals surface area contributed by atoms with Crippen molar-refractivity contribution in [3.05, 3.63) is 78.2 Å². The third-order valence-electron chi connectivity index (χ3n) is 6.70. The number of carbonyl (C=O) groups is 2. The number of anilines is 1. The monoisotopic (exact) mass is 512 g/mol. The van der Waals surface area contributed by atoms with E-state index in [0.29, 0.717) is 40.3 Å². The van der Waals surface area contributed by atoms with Gasteiger partial charge in [0.25, 0.3) is 0 Å². The van der Waals surface area contributed by atoms with Crippen LogP contribution in [0.3, 0.4) is 0 Å². The summed E-state index contributed by atoms with van der Waals surface area (Å²) in [4.78, 5) is 39.4. The minimum atomic E-state index is -0.118. The molecule has 196 valence electrons. The van der Waals surface area contributed by atoms with Crippen LogP contribution in [0.5, 0.6) is 11.5 Å². The fraction of sp³-hybridized carbons (Fsp3) is 0.310. The Hall–Kier alpha value is -4.24. The molecule has 2 heterocycles. The maximum atomic E-state index is 13.5. The number of carbonyl (C=O) groups excluding carboxylic acids is 2. The van der Waals surface area contributed by atoms with Gasteiger partial charge < -0.3 is 25.3 Å². The smallest absolute Gasteiger partial charge is 0.234 e. The van der Waals surface area contributed by atoms with Crippen molar-refractivity contribution in [2.75, 3.05) is 26.0 Å². The lowest BCUT2D eigenvalue weighted by Gasteiger charge is -2.30. The van der Waals surface area contributed by atoms with Gasteiger partial charge in [0.2, 0.25) is 5.91 Å². The summed E-state index contributed by atoms with van der Waals surface area (Å²) in [6.07, 6.45) is 6.77. The Morgan fingerprint density at radius 3 is 2.34 bits per heavy atom. The lowest BCUT2D eigenvalue weighted by molar-refractivity contribution is -0.122. The summed E-state index contributed by atoms with van der Waals surface area (Å²) in [6, 6.07) is 17.0. The number of rotatable bonds is 9. The van der Waals surface area contributed by atoms with Crippen molar-refractivity contribution in [2.24, 2.45) is 0 Å². The predicted octanol–water partition coefficient (Wildman–Crippen LogP) is 4.38. The lowest BCUT2D eigenvalue weighted by Crippen LogP contribution is -2.43. The zero-order chi connectivity index (χ0) is 26.5. The van der Waals surface area contributed by atoms with Gasteiger partial charge in [-0.15, -0.1) is 0 Å². The third-order valence-corrected chi connectivity index (χ3v) is 6.70. The first-order valence-corrected chi connectivity index (χ1v) is 12.9. The van der Waals surface area contributed by atoms with Gasteiger partial charge in [-0.1, -0.05) is 18.2 Å². The number of fused-ring (bicyclic) bond motifs is 1. The highest BCUT2D eigenvalue weighted by Gasteiger charge is 2.25. The van der Waals surface area contributed by atoms with Crippen LogP contribution in [0.2, 0.25) is 0 Å². The molecule has 0 saturated heterocycles. The third kappa shape index (κ3) is 6.00. The molecule has 4 aromatic rings. The first-order valence-electron chi connectivity index (χ1n) is 12.9. The van der Waals surface area contributed by atoms with E-state index in [-0.39, 0.29) is 23.8 Å². The first kappa shape index (κ1) is 25.4. The van der Waals surface area contributed by atoms with Gasteiger partial charge in [0.15, 0.2) is 5.78 Å². The summed E-state index contributed by atoms with van der Waals surface area (Å²) >= 11 is 0. The number of aromatic nitrogens is 3. The highest BCUT2D eigenvalue weighted by Crippen LogP contribution is 2.29. The number of amides is 1. The van der Waals surface area contributed by atoms with Crippen molar-refractivity contribution < 1.29 is 14.3 Å². The van der Waals surface area contributed by atoms with E-state index in [0.717, 1.165) is 31.4 Å². The predicted molar refractivity (Wildman–Crippen MR) is 147 cm³/mol. The number of aromatic amines is 1. The zero-order valence-corrected chi connectivity index (χ0v) is 21.6. The van der Waals surface area contributed by atoms with Gasteiger partial charge in [-0.3, -0.25) is 9.59 Å². The number of hydrogen-bond donors (Lipinski definition) is 3. The van der Waals surface area contributed by atoms with Crippen LogP contribution in [0.1, 0.15) is 41.6 Å². The van der Waals surface area contributed by atoms with Crippen molar-refractivity contribution in [2.45, 2.75) is 37.8 Å². The molecule has 1 saturated carbocycles. The molecule has 2 aromatic heterocycles. The van der Waals surface area contributed by atoms with E-state index < -0.39 is 0 Å². The summed E-state index contributed by atoms with van der Waals surface area (Å²) in [5, 5.41) is 7.35.